The van der Waals surface area contributed by atoms with E-state index in [1.165, 1.54) is 12.0 Å². The normalized spacial score (nSPS) is 17.4. The number of aliphatic hydroxyl groups excluding tert-OH is 1. The molecule has 0 aliphatic carbocycles. The fourth-order valence-corrected chi connectivity index (χ4v) is 4.75. The number of carbonyl (C=O) groups excluding carboxylic acids is 3. The molecule has 35 heavy (non-hydrogen) atoms. The van der Waals surface area contributed by atoms with Crippen LogP contribution in [0.5, 0.6) is 0 Å². The molecular formula is C25H38N4O6. The number of ether oxygens (including phenoxy) is 2. The number of primary amides is 1. The monoisotopic (exact) mass is 490 g/mol. The number of esters is 1. The van der Waals surface area contributed by atoms with Crippen LogP contribution in [0.3, 0.4) is 0 Å². The molecule has 0 bridgehead atoms. The zero-order chi connectivity index (χ0) is 25.2. The van der Waals surface area contributed by atoms with Crippen molar-refractivity contribution in [1.82, 2.24) is 14.7 Å². The van der Waals surface area contributed by atoms with E-state index < -0.39 is 17.9 Å². The summed E-state index contributed by atoms with van der Waals surface area (Å²) in [6.07, 6.45) is 1.76. The van der Waals surface area contributed by atoms with Crippen LogP contribution in [0.2, 0.25) is 0 Å². The molecule has 1 atom stereocenters. The van der Waals surface area contributed by atoms with Crippen LogP contribution in [0.25, 0.3) is 0 Å². The van der Waals surface area contributed by atoms with E-state index in [1.807, 2.05) is 12.1 Å². The molecule has 3 rings (SSSR count). The Kier molecular flexibility index (Phi) is 10.5. The number of fused-ring (bicyclic) bond motifs is 1. The second kappa shape index (κ2) is 13.5. The van der Waals surface area contributed by atoms with Crippen molar-refractivity contribution in [3.8, 4) is 0 Å². The molecule has 0 radical (unpaired) electrons. The van der Waals surface area contributed by atoms with Gasteiger partial charge in [-0.25, -0.2) is 0 Å². The van der Waals surface area contributed by atoms with Crippen molar-refractivity contribution >= 4 is 17.8 Å². The fourth-order valence-electron chi connectivity index (χ4n) is 4.75. The van der Waals surface area contributed by atoms with Crippen molar-refractivity contribution in [2.45, 2.75) is 38.3 Å². The maximum Gasteiger partial charge on any atom is 0.305 e. The summed E-state index contributed by atoms with van der Waals surface area (Å²) in [6, 6.07) is 4.79. The quantitative estimate of drug-likeness (QED) is 0.276. The van der Waals surface area contributed by atoms with Crippen LogP contribution in [-0.2, 0) is 32.0 Å². The van der Waals surface area contributed by atoms with Gasteiger partial charge >= 0.3 is 5.97 Å². The van der Waals surface area contributed by atoms with Gasteiger partial charge in [0.15, 0.2) is 0 Å². The number of benzene rings is 1. The average molecular weight is 491 g/mol. The zero-order valence-electron chi connectivity index (χ0n) is 20.6. The van der Waals surface area contributed by atoms with Crippen LogP contribution in [0.15, 0.2) is 18.2 Å². The lowest BCUT2D eigenvalue weighted by Gasteiger charge is -2.34. The molecule has 2 amide bonds. The smallest absolute Gasteiger partial charge is 0.305 e. The Hall–Kier alpha value is -2.53. The minimum Gasteiger partial charge on any atom is -0.469 e. The number of hydrogen-bond acceptors (Lipinski definition) is 8. The van der Waals surface area contributed by atoms with Gasteiger partial charge in [-0.2, -0.15) is 0 Å². The lowest BCUT2D eigenvalue weighted by molar-refractivity contribution is -0.141. The number of hydrogen-bond donors (Lipinski definition) is 2. The molecule has 1 aromatic rings. The summed E-state index contributed by atoms with van der Waals surface area (Å²) < 4.78 is 10.5. The summed E-state index contributed by atoms with van der Waals surface area (Å²) in [7, 11) is 1.29. The van der Waals surface area contributed by atoms with Gasteiger partial charge in [-0.1, -0.05) is 12.1 Å². The van der Waals surface area contributed by atoms with Crippen LogP contribution in [-0.4, -0.2) is 110 Å². The zero-order valence-corrected chi connectivity index (χ0v) is 20.6. The van der Waals surface area contributed by atoms with Gasteiger partial charge in [0.05, 0.1) is 20.3 Å². The molecule has 2 aliphatic heterocycles. The van der Waals surface area contributed by atoms with E-state index in [0.29, 0.717) is 25.3 Å². The number of piperazine rings is 1. The van der Waals surface area contributed by atoms with Gasteiger partial charge in [0.25, 0.3) is 5.91 Å². The standard InChI is InChI=1S/C25H38N4O6/c1-34-23(31)8-7-22(24(26)32)29-18-21-19(4-2-6-20(21)25(29)33)5-3-16-35-17-14-28-11-9-27(10-12-28)13-15-30/h2,4,6,22,30H,3,5,7-18H2,1H3,(H2,26,32)/t22-/m0/s1. The van der Waals surface area contributed by atoms with Gasteiger partial charge in [0.2, 0.25) is 5.91 Å². The summed E-state index contributed by atoms with van der Waals surface area (Å²) >= 11 is 0. The van der Waals surface area contributed by atoms with Crippen LogP contribution in [0.4, 0.5) is 0 Å². The van der Waals surface area contributed by atoms with Crippen molar-refractivity contribution in [2.24, 2.45) is 5.73 Å². The third kappa shape index (κ3) is 7.47. The number of aryl methyl sites for hydroxylation is 1. The van der Waals surface area contributed by atoms with Gasteiger partial charge in [0, 0.05) is 64.4 Å². The van der Waals surface area contributed by atoms with E-state index in [4.69, 9.17) is 15.6 Å². The summed E-state index contributed by atoms with van der Waals surface area (Å²) in [6.45, 7) is 7.43. The minimum absolute atomic E-state index is 0.0206. The molecule has 2 aliphatic rings. The Morgan fingerprint density at radius 2 is 1.83 bits per heavy atom. The third-order valence-electron chi connectivity index (χ3n) is 6.81. The third-order valence-corrected chi connectivity index (χ3v) is 6.81. The summed E-state index contributed by atoms with van der Waals surface area (Å²) in [5, 5.41) is 9.03. The summed E-state index contributed by atoms with van der Waals surface area (Å²) in [4.78, 5) is 42.7. The number of nitrogens with zero attached hydrogens (tertiary/aromatic N) is 3. The van der Waals surface area contributed by atoms with Crippen molar-refractivity contribution in [1.29, 1.82) is 0 Å². The van der Waals surface area contributed by atoms with Crippen molar-refractivity contribution < 1.29 is 29.0 Å². The predicted molar refractivity (Wildman–Crippen MR) is 130 cm³/mol. The highest BCUT2D eigenvalue weighted by molar-refractivity contribution is 6.01. The molecule has 0 saturated carbocycles. The van der Waals surface area contributed by atoms with Gasteiger partial charge in [-0.3, -0.25) is 24.2 Å². The summed E-state index contributed by atoms with van der Waals surface area (Å²) in [5.74, 6) is -1.30. The van der Waals surface area contributed by atoms with E-state index in [2.05, 4.69) is 14.5 Å². The Labute approximate surface area is 206 Å². The number of aliphatic hydroxyl groups is 1. The van der Waals surface area contributed by atoms with E-state index in [-0.39, 0.29) is 25.4 Å². The highest BCUT2D eigenvalue weighted by Crippen LogP contribution is 2.29. The number of rotatable bonds is 14. The van der Waals surface area contributed by atoms with Crippen molar-refractivity contribution in [3.63, 3.8) is 0 Å². The molecule has 1 saturated heterocycles. The maximum atomic E-state index is 13.0. The number of methoxy groups -OCH3 is 1. The fraction of sp³-hybridized carbons (Fsp3) is 0.640. The molecule has 10 nitrogen and oxygen atoms in total. The molecule has 3 N–H and O–H groups in total. The first-order chi connectivity index (χ1) is 16.9. The first-order valence-electron chi connectivity index (χ1n) is 12.4. The Morgan fingerprint density at radius 3 is 2.49 bits per heavy atom. The molecule has 10 heteroatoms. The first-order valence-corrected chi connectivity index (χ1v) is 12.4. The lowest BCUT2D eigenvalue weighted by Crippen LogP contribution is -2.47. The highest BCUT2D eigenvalue weighted by atomic mass is 16.5. The largest absolute Gasteiger partial charge is 0.469 e. The van der Waals surface area contributed by atoms with Gasteiger partial charge in [0.1, 0.15) is 6.04 Å². The molecule has 2 heterocycles. The van der Waals surface area contributed by atoms with Crippen molar-refractivity contribution in [2.75, 3.05) is 66.2 Å². The minimum atomic E-state index is -0.851. The van der Waals surface area contributed by atoms with Gasteiger partial charge in [-0.05, 0) is 36.5 Å². The molecular weight excluding hydrogens is 452 g/mol. The number of nitrogens with two attached hydrogens (primary N) is 1. The van der Waals surface area contributed by atoms with E-state index in [9.17, 15) is 14.4 Å². The Balaban J connectivity index is 1.44. The average Bonchev–Trinajstić information content (AvgIpc) is 3.19. The van der Waals surface area contributed by atoms with Crippen LogP contribution in [0, 0.1) is 0 Å². The molecule has 194 valence electrons. The predicted octanol–water partition coefficient (Wildman–Crippen LogP) is 0.00860. The van der Waals surface area contributed by atoms with Crippen LogP contribution in [0.1, 0.15) is 40.7 Å². The van der Waals surface area contributed by atoms with Crippen molar-refractivity contribution in [3.05, 3.63) is 34.9 Å². The molecule has 0 spiro atoms. The van der Waals surface area contributed by atoms with Crippen LogP contribution < -0.4 is 5.73 Å². The second-order valence-electron chi connectivity index (χ2n) is 9.03. The number of β-amino-alcohol motifs (C(OH)–C–C–N with tert-alkyl or cyclic N) is 1. The first kappa shape index (κ1) is 27.1. The van der Waals surface area contributed by atoms with Gasteiger partial charge < -0.3 is 25.2 Å². The molecule has 0 unspecified atom stereocenters. The van der Waals surface area contributed by atoms with E-state index in [0.717, 1.165) is 63.2 Å². The topological polar surface area (TPSA) is 126 Å². The Morgan fingerprint density at radius 1 is 1.11 bits per heavy atom. The van der Waals surface area contributed by atoms with Crippen LogP contribution >= 0.6 is 0 Å². The number of carbonyl (C=O) groups is 3. The second-order valence-corrected chi connectivity index (χ2v) is 9.03. The van der Waals surface area contributed by atoms with E-state index in [1.54, 1.807) is 6.07 Å². The molecule has 1 aromatic carbocycles. The summed E-state index contributed by atoms with van der Waals surface area (Å²) in [5.41, 5.74) is 8.14. The van der Waals surface area contributed by atoms with Gasteiger partial charge in [-0.15, -0.1) is 0 Å². The number of amides is 2. The molecule has 0 aromatic heterocycles. The SMILES string of the molecule is COC(=O)CC[C@@H](C(N)=O)N1Cc2c(CCCOCCN3CCN(CCO)CC3)cccc2C1=O. The highest BCUT2D eigenvalue weighted by Gasteiger charge is 2.36. The lowest BCUT2D eigenvalue weighted by atomic mass is 10.00. The Bertz CT molecular complexity index is 872. The molecule has 1 fully saturated rings. The maximum absolute atomic E-state index is 13.0. The van der Waals surface area contributed by atoms with E-state index >= 15 is 0 Å².